The number of aliphatic imine (C=N–C) groups is 1. The van der Waals surface area contributed by atoms with E-state index in [1.807, 2.05) is 0 Å². The van der Waals surface area contributed by atoms with Crippen LogP contribution in [-0.2, 0) is 19.6 Å². The van der Waals surface area contributed by atoms with E-state index >= 15 is 0 Å². The monoisotopic (exact) mass is 399 g/mol. The zero-order valence-electron chi connectivity index (χ0n) is 14.1. The average molecular weight is 400 g/mol. The number of benzene rings is 1. The molecule has 1 aromatic carbocycles. The topological polar surface area (TPSA) is 150 Å². The molecule has 2 aromatic rings. The minimum Gasteiger partial charge on any atom is -0.469 e. The molecule has 0 saturated carbocycles. The highest BCUT2D eigenvalue weighted by Gasteiger charge is 2.20. The minimum absolute atomic E-state index is 0.0434. The molecule has 26 heavy (non-hydrogen) atoms. The standard InChI is InChI=1S/C15H18ClN5O4S/c1-8(14(22)25-2)6-20-26(23,24)9-3-4-10-11(5-9)13(21-15(17)18)19-7-12(10)16/h3-5,7-8,20H,6H2,1-2H3,(H4,17,18,19,21). The van der Waals surface area contributed by atoms with Crippen LogP contribution < -0.4 is 16.2 Å². The molecule has 9 nitrogen and oxygen atoms in total. The van der Waals surface area contributed by atoms with Gasteiger partial charge in [0, 0.05) is 23.5 Å². The first-order valence-electron chi connectivity index (χ1n) is 7.41. The number of guanidine groups is 1. The normalized spacial score (nSPS) is 12.6. The van der Waals surface area contributed by atoms with Gasteiger partial charge in [0.25, 0.3) is 0 Å². The van der Waals surface area contributed by atoms with Gasteiger partial charge in [0.05, 0.1) is 22.9 Å². The second-order valence-electron chi connectivity index (χ2n) is 5.45. The minimum atomic E-state index is -3.89. The summed E-state index contributed by atoms with van der Waals surface area (Å²) in [4.78, 5) is 19.3. The molecule has 1 atom stereocenters. The molecule has 2 rings (SSSR count). The first kappa shape index (κ1) is 19.9. The zero-order valence-corrected chi connectivity index (χ0v) is 15.6. The van der Waals surface area contributed by atoms with E-state index in [0.717, 1.165) is 0 Å². The molecular formula is C15H18ClN5O4S. The lowest BCUT2D eigenvalue weighted by Crippen LogP contribution is -2.32. The number of fused-ring (bicyclic) bond motifs is 1. The number of methoxy groups -OCH3 is 1. The number of nitrogens with zero attached hydrogens (tertiary/aromatic N) is 2. The number of aromatic nitrogens is 1. The largest absolute Gasteiger partial charge is 0.469 e. The molecule has 0 aliphatic rings. The lowest BCUT2D eigenvalue weighted by molar-refractivity contribution is -0.144. The third kappa shape index (κ3) is 4.40. The van der Waals surface area contributed by atoms with E-state index < -0.39 is 21.9 Å². The van der Waals surface area contributed by atoms with Gasteiger partial charge < -0.3 is 16.2 Å². The summed E-state index contributed by atoms with van der Waals surface area (Å²) in [5.74, 6) is -1.23. The van der Waals surface area contributed by atoms with Crippen molar-refractivity contribution >= 4 is 50.1 Å². The Morgan fingerprint density at radius 3 is 2.69 bits per heavy atom. The molecule has 0 bridgehead atoms. The summed E-state index contributed by atoms with van der Waals surface area (Å²) in [6.07, 6.45) is 1.37. The molecule has 0 aliphatic carbocycles. The highest BCUT2D eigenvalue weighted by atomic mass is 35.5. The van der Waals surface area contributed by atoms with Crippen molar-refractivity contribution in [2.45, 2.75) is 11.8 Å². The van der Waals surface area contributed by atoms with Crippen LogP contribution in [0.2, 0.25) is 5.02 Å². The van der Waals surface area contributed by atoms with Crippen molar-refractivity contribution in [1.82, 2.24) is 9.71 Å². The van der Waals surface area contributed by atoms with Gasteiger partial charge in [-0.1, -0.05) is 24.6 Å². The number of carbonyl (C=O) groups excluding carboxylic acids is 1. The van der Waals surface area contributed by atoms with Crippen LogP contribution in [0.5, 0.6) is 0 Å². The second kappa shape index (κ2) is 7.85. The number of carbonyl (C=O) groups is 1. The summed E-state index contributed by atoms with van der Waals surface area (Å²) >= 11 is 6.10. The van der Waals surface area contributed by atoms with Gasteiger partial charge in [-0.05, 0) is 12.1 Å². The number of sulfonamides is 1. The first-order chi connectivity index (χ1) is 12.2. The van der Waals surface area contributed by atoms with Gasteiger partial charge >= 0.3 is 5.97 Å². The van der Waals surface area contributed by atoms with Crippen molar-refractivity contribution in [1.29, 1.82) is 0 Å². The Bertz CT molecular complexity index is 973. The molecule has 1 unspecified atom stereocenters. The van der Waals surface area contributed by atoms with E-state index in [0.29, 0.717) is 15.8 Å². The number of hydrogen-bond acceptors (Lipinski definition) is 6. The highest BCUT2D eigenvalue weighted by Crippen LogP contribution is 2.31. The number of ether oxygens (including phenoxy) is 1. The zero-order chi connectivity index (χ0) is 19.5. The SMILES string of the molecule is COC(=O)C(C)CNS(=O)(=O)c1ccc2c(Cl)cnc(N=C(N)N)c2c1. The number of nitrogens with one attached hydrogen (secondary N) is 1. The molecule has 0 aliphatic heterocycles. The van der Waals surface area contributed by atoms with Gasteiger partial charge in [0.2, 0.25) is 10.0 Å². The molecule has 0 radical (unpaired) electrons. The van der Waals surface area contributed by atoms with Crippen LogP contribution in [0.1, 0.15) is 6.92 Å². The molecule has 0 saturated heterocycles. The Morgan fingerprint density at radius 1 is 1.38 bits per heavy atom. The quantitative estimate of drug-likeness (QED) is 0.370. The van der Waals surface area contributed by atoms with Crippen molar-refractivity contribution < 1.29 is 17.9 Å². The van der Waals surface area contributed by atoms with E-state index in [-0.39, 0.29) is 23.2 Å². The van der Waals surface area contributed by atoms with Gasteiger partial charge in [0.15, 0.2) is 11.8 Å². The molecule has 5 N–H and O–H groups in total. The molecule has 11 heteroatoms. The molecule has 1 heterocycles. The summed E-state index contributed by atoms with van der Waals surface area (Å²) in [5, 5.41) is 1.24. The Kier molecular flexibility index (Phi) is 6.01. The van der Waals surface area contributed by atoms with Crippen molar-refractivity contribution in [2.24, 2.45) is 22.4 Å². The van der Waals surface area contributed by atoms with Gasteiger partial charge in [-0.15, -0.1) is 0 Å². The second-order valence-corrected chi connectivity index (χ2v) is 7.62. The van der Waals surface area contributed by atoms with E-state index in [1.165, 1.54) is 31.5 Å². The maximum absolute atomic E-state index is 12.5. The molecule has 1 aromatic heterocycles. The van der Waals surface area contributed by atoms with Crippen LogP contribution in [0.3, 0.4) is 0 Å². The van der Waals surface area contributed by atoms with E-state index in [4.69, 9.17) is 23.1 Å². The Balaban J connectivity index is 2.43. The summed E-state index contributed by atoms with van der Waals surface area (Å²) in [5.41, 5.74) is 10.8. The van der Waals surface area contributed by atoms with E-state index in [9.17, 15) is 13.2 Å². The predicted octanol–water partition coefficient (Wildman–Crippen LogP) is 0.880. The van der Waals surface area contributed by atoms with Gasteiger partial charge in [-0.2, -0.15) is 4.99 Å². The van der Waals surface area contributed by atoms with Crippen LogP contribution in [0.4, 0.5) is 5.82 Å². The lowest BCUT2D eigenvalue weighted by atomic mass is 10.1. The van der Waals surface area contributed by atoms with Crippen LogP contribution in [0, 0.1) is 5.92 Å². The van der Waals surface area contributed by atoms with Gasteiger partial charge in [-0.25, -0.2) is 18.1 Å². The van der Waals surface area contributed by atoms with Crippen molar-refractivity contribution in [3.05, 3.63) is 29.4 Å². The number of esters is 1. The van der Waals surface area contributed by atoms with Crippen molar-refractivity contribution in [3.8, 4) is 0 Å². The van der Waals surface area contributed by atoms with E-state index in [1.54, 1.807) is 6.92 Å². The lowest BCUT2D eigenvalue weighted by Gasteiger charge is -2.12. The summed E-state index contributed by atoms with van der Waals surface area (Å²) in [7, 11) is -2.65. The number of hydrogen-bond donors (Lipinski definition) is 3. The summed E-state index contributed by atoms with van der Waals surface area (Å²) in [6, 6.07) is 4.28. The number of rotatable bonds is 6. The van der Waals surface area contributed by atoms with Crippen LogP contribution in [-0.4, -0.2) is 39.0 Å². The molecular weight excluding hydrogens is 382 g/mol. The average Bonchev–Trinajstić information content (AvgIpc) is 2.60. The summed E-state index contributed by atoms with van der Waals surface area (Å²) < 4.78 is 31.9. The highest BCUT2D eigenvalue weighted by molar-refractivity contribution is 7.89. The van der Waals surface area contributed by atoms with Crippen molar-refractivity contribution in [2.75, 3.05) is 13.7 Å². The third-order valence-corrected chi connectivity index (χ3v) is 5.24. The molecule has 140 valence electrons. The predicted molar refractivity (Wildman–Crippen MR) is 98.6 cm³/mol. The number of pyridine rings is 1. The third-order valence-electron chi connectivity index (χ3n) is 3.52. The Morgan fingerprint density at radius 2 is 2.08 bits per heavy atom. The fourth-order valence-corrected chi connectivity index (χ4v) is 3.52. The van der Waals surface area contributed by atoms with E-state index in [2.05, 4.69) is 19.4 Å². The van der Waals surface area contributed by atoms with Gasteiger partial charge in [0.1, 0.15) is 0 Å². The number of halogens is 1. The molecule has 0 spiro atoms. The summed E-state index contributed by atoms with van der Waals surface area (Å²) in [6.45, 7) is 1.44. The van der Waals surface area contributed by atoms with Crippen LogP contribution in [0.15, 0.2) is 34.3 Å². The maximum atomic E-state index is 12.5. The van der Waals surface area contributed by atoms with Crippen LogP contribution in [0.25, 0.3) is 10.8 Å². The molecule has 0 amide bonds. The first-order valence-corrected chi connectivity index (χ1v) is 9.27. The Labute approximate surface area is 155 Å². The smallest absolute Gasteiger partial charge is 0.309 e. The van der Waals surface area contributed by atoms with Gasteiger partial charge in [-0.3, -0.25) is 4.79 Å². The van der Waals surface area contributed by atoms with Crippen LogP contribution >= 0.6 is 11.6 Å². The Hall–Kier alpha value is -2.43. The maximum Gasteiger partial charge on any atom is 0.309 e. The number of nitrogens with two attached hydrogens (primary N) is 2. The fraction of sp³-hybridized carbons (Fsp3) is 0.267. The fourth-order valence-electron chi connectivity index (χ4n) is 2.15. The molecule has 0 fully saturated rings. The van der Waals surface area contributed by atoms with Crippen molar-refractivity contribution in [3.63, 3.8) is 0 Å².